The number of nitrogens with one attached hydrogen (secondary N) is 3. The molecule has 3 aromatic rings. The minimum atomic E-state index is -0.292. The van der Waals surface area contributed by atoms with E-state index in [1.807, 2.05) is 44.3 Å². The molecule has 0 spiro atoms. The zero-order valence-corrected chi connectivity index (χ0v) is 14.7. The summed E-state index contributed by atoms with van der Waals surface area (Å²) in [5.74, 6) is -0.185. The number of aryl methyl sites for hydroxylation is 2. The van der Waals surface area contributed by atoms with Crippen LogP contribution in [-0.2, 0) is 11.8 Å². The number of benzene rings is 1. The van der Waals surface area contributed by atoms with Crippen LogP contribution in [0.3, 0.4) is 0 Å². The smallest absolute Gasteiger partial charge is 0.268 e. The van der Waals surface area contributed by atoms with Gasteiger partial charge in [-0.25, -0.2) is 0 Å². The van der Waals surface area contributed by atoms with Crippen molar-refractivity contribution in [2.75, 3.05) is 0 Å². The SMILES string of the molecule is Cc1ccc2cc(C(=O)N[C@@H]3CCC(=O)N[C@H]3c3ccnn3C)[nH]c2c1. The Morgan fingerprint density at radius 3 is 2.92 bits per heavy atom. The van der Waals surface area contributed by atoms with Crippen molar-refractivity contribution in [3.63, 3.8) is 0 Å². The van der Waals surface area contributed by atoms with Crippen LogP contribution in [0.25, 0.3) is 10.9 Å². The van der Waals surface area contributed by atoms with Crippen molar-refractivity contribution in [3.05, 3.63) is 53.5 Å². The molecule has 0 aliphatic carbocycles. The van der Waals surface area contributed by atoms with E-state index in [1.54, 1.807) is 10.9 Å². The van der Waals surface area contributed by atoms with E-state index in [0.717, 1.165) is 22.2 Å². The van der Waals surface area contributed by atoms with Crippen molar-refractivity contribution in [1.29, 1.82) is 0 Å². The van der Waals surface area contributed by atoms with Crippen LogP contribution in [0.15, 0.2) is 36.5 Å². The molecule has 1 aliphatic heterocycles. The fraction of sp³-hybridized carbons (Fsp3) is 0.316. The first kappa shape index (κ1) is 16.4. The number of rotatable bonds is 3. The molecule has 3 heterocycles. The molecule has 7 nitrogen and oxygen atoms in total. The number of amides is 2. The van der Waals surface area contributed by atoms with Gasteiger partial charge in [0.05, 0.1) is 17.8 Å². The molecule has 7 heteroatoms. The first-order valence-corrected chi connectivity index (χ1v) is 8.69. The van der Waals surface area contributed by atoms with Crippen molar-refractivity contribution < 1.29 is 9.59 Å². The fourth-order valence-corrected chi connectivity index (χ4v) is 3.53. The van der Waals surface area contributed by atoms with Gasteiger partial charge in [-0.15, -0.1) is 0 Å². The molecule has 2 amide bonds. The van der Waals surface area contributed by atoms with E-state index in [4.69, 9.17) is 0 Å². The van der Waals surface area contributed by atoms with Gasteiger partial charge in [-0.2, -0.15) is 5.10 Å². The Hall–Kier alpha value is -3.09. The summed E-state index contributed by atoms with van der Waals surface area (Å²) in [6, 6.07) is 9.27. The second-order valence-electron chi connectivity index (χ2n) is 6.82. The van der Waals surface area contributed by atoms with Crippen molar-refractivity contribution in [1.82, 2.24) is 25.4 Å². The van der Waals surface area contributed by atoms with Gasteiger partial charge in [0.1, 0.15) is 5.69 Å². The molecule has 0 radical (unpaired) electrons. The van der Waals surface area contributed by atoms with E-state index >= 15 is 0 Å². The highest BCUT2D eigenvalue weighted by atomic mass is 16.2. The van der Waals surface area contributed by atoms with E-state index in [0.29, 0.717) is 18.5 Å². The standard InChI is InChI=1S/C19H21N5O2/c1-11-3-4-12-10-15(21-14(12)9-11)19(26)22-13-5-6-17(25)23-18(13)16-7-8-20-24(16)2/h3-4,7-10,13,18,21H,5-6H2,1-2H3,(H,22,26)(H,23,25)/t13-,18-/m1/s1. The Bertz CT molecular complexity index is 987. The van der Waals surface area contributed by atoms with Gasteiger partial charge in [-0.3, -0.25) is 14.3 Å². The molecule has 1 aromatic carbocycles. The molecule has 0 saturated carbocycles. The maximum Gasteiger partial charge on any atom is 0.268 e. The molecule has 0 bridgehead atoms. The van der Waals surface area contributed by atoms with Gasteiger partial charge in [0.15, 0.2) is 0 Å². The van der Waals surface area contributed by atoms with Crippen LogP contribution in [0.2, 0.25) is 0 Å². The molecule has 1 saturated heterocycles. The summed E-state index contributed by atoms with van der Waals surface area (Å²) in [6.07, 6.45) is 2.67. The average molecular weight is 351 g/mol. The third kappa shape index (κ3) is 2.96. The number of aromatic nitrogens is 3. The van der Waals surface area contributed by atoms with Crippen LogP contribution < -0.4 is 10.6 Å². The highest BCUT2D eigenvalue weighted by Crippen LogP contribution is 2.24. The minimum absolute atomic E-state index is 0.0113. The molecule has 2 aromatic heterocycles. The highest BCUT2D eigenvalue weighted by Gasteiger charge is 2.33. The maximum atomic E-state index is 12.8. The van der Waals surface area contributed by atoms with Gasteiger partial charge >= 0.3 is 0 Å². The maximum absolute atomic E-state index is 12.8. The minimum Gasteiger partial charge on any atom is -0.351 e. The molecule has 1 aliphatic rings. The Balaban J connectivity index is 1.58. The Kier molecular flexibility index (Phi) is 3.99. The van der Waals surface area contributed by atoms with Gasteiger partial charge in [-0.1, -0.05) is 12.1 Å². The van der Waals surface area contributed by atoms with Crippen LogP contribution in [-0.4, -0.2) is 32.6 Å². The van der Waals surface area contributed by atoms with Crippen molar-refractivity contribution in [2.45, 2.75) is 31.8 Å². The normalized spacial score (nSPS) is 20.2. The lowest BCUT2D eigenvalue weighted by Gasteiger charge is -2.32. The van der Waals surface area contributed by atoms with Crippen LogP contribution in [0, 0.1) is 6.92 Å². The quantitative estimate of drug-likeness (QED) is 0.673. The molecular formula is C19H21N5O2. The molecule has 3 N–H and O–H groups in total. The third-order valence-electron chi connectivity index (χ3n) is 4.92. The lowest BCUT2D eigenvalue weighted by molar-refractivity contribution is -0.123. The monoisotopic (exact) mass is 351 g/mol. The number of nitrogens with zero attached hydrogens (tertiary/aromatic N) is 2. The number of piperidine rings is 1. The molecule has 1 fully saturated rings. The van der Waals surface area contributed by atoms with E-state index < -0.39 is 0 Å². The van der Waals surface area contributed by atoms with Crippen LogP contribution in [0.4, 0.5) is 0 Å². The predicted molar refractivity (Wildman–Crippen MR) is 97.6 cm³/mol. The largest absolute Gasteiger partial charge is 0.351 e. The fourth-order valence-electron chi connectivity index (χ4n) is 3.53. The number of aromatic amines is 1. The van der Waals surface area contributed by atoms with Crippen LogP contribution >= 0.6 is 0 Å². The molecule has 4 rings (SSSR count). The first-order chi connectivity index (χ1) is 12.5. The molecule has 26 heavy (non-hydrogen) atoms. The lowest BCUT2D eigenvalue weighted by Crippen LogP contribution is -2.50. The summed E-state index contributed by atoms with van der Waals surface area (Å²) in [6.45, 7) is 2.02. The van der Waals surface area contributed by atoms with Crippen molar-refractivity contribution in [3.8, 4) is 0 Å². The molecule has 0 unspecified atom stereocenters. The van der Waals surface area contributed by atoms with Gasteiger partial charge in [0, 0.05) is 30.6 Å². The van der Waals surface area contributed by atoms with E-state index in [1.165, 1.54) is 0 Å². The Labute approximate surface area is 150 Å². The Morgan fingerprint density at radius 1 is 1.31 bits per heavy atom. The Morgan fingerprint density at radius 2 is 2.15 bits per heavy atom. The van der Waals surface area contributed by atoms with E-state index in [-0.39, 0.29) is 23.9 Å². The van der Waals surface area contributed by atoms with E-state index in [9.17, 15) is 9.59 Å². The number of carbonyl (C=O) groups excluding carboxylic acids is 2. The predicted octanol–water partition coefficient (Wildman–Crippen LogP) is 1.96. The number of hydrogen-bond donors (Lipinski definition) is 3. The zero-order valence-electron chi connectivity index (χ0n) is 14.7. The highest BCUT2D eigenvalue weighted by molar-refractivity contribution is 5.98. The summed E-state index contributed by atoms with van der Waals surface area (Å²) >= 11 is 0. The summed E-state index contributed by atoms with van der Waals surface area (Å²) < 4.78 is 1.72. The average Bonchev–Trinajstić information content (AvgIpc) is 3.22. The first-order valence-electron chi connectivity index (χ1n) is 8.69. The van der Waals surface area contributed by atoms with Gasteiger partial charge in [0.25, 0.3) is 5.91 Å². The number of fused-ring (bicyclic) bond motifs is 1. The van der Waals surface area contributed by atoms with Crippen molar-refractivity contribution >= 4 is 22.7 Å². The van der Waals surface area contributed by atoms with Crippen molar-refractivity contribution in [2.24, 2.45) is 7.05 Å². The number of hydrogen-bond acceptors (Lipinski definition) is 3. The summed E-state index contributed by atoms with van der Waals surface area (Å²) in [5, 5.41) is 11.2. The second kappa shape index (κ2) is 6.33. The van der Waals surface area contributed by atoms with E-state index in [2.05, 4.69) is 20.7 Å². The van der Waals surface area contributed by atoms with Gasteiger partial charge in [-0.05, 0) is 37.1 Å². The molecule has 2 atom stereocenters. The summed E-state index contributed by atoms with van der Waals surface area (Å²) in [5.41, 5.74) is 3.47. The van der Waals surface area contributed by atoms with Crippen LogP contribution in [0.1, 0.15) is 40.6 Å². The third-order valence-corrected chi connectivity index (χ3v) is 4.92. The topological polar surface area (TPSA) is 91.8 Å². The molecular weight excluding hydrogens is 330 g/mol. The zero-order chi connectivity index (χ0) is 18.3. The number of carbonyl (C=O) groups is 2. The lowest BCUT2D eigenvalue weighted by atomic mass is 9.95. The summed E-state index contributed by atoms with van der Waals surface area (Å²) in [4.78, 5) is 27.8. The number of H-pyrrole nitrogens is 1. The van der Waals surface area contributed by atoms with Gasteiger partial charge in [0.2, 0.25) is 5.91 Å². The van der Waals surface area contributed by atoms with Crippen LogP contribution in [0.5, 0.6) is 0 Å². The summed E-state index contributed by atoms with van der Waals surface area (Å²) in [7, 11) is 1.83. The van der Waals surface area contributed by atoms with Gasteiger partial charge < -0.3 is 15.6 Å². The molecule has 134 valence electrons. The second-order valence-corrected chi connectivity index (χ2v) is 6.82.